The average molecular weight is 276 g/mol. The Morgan fingerprint density at radius 1 is 1.15 bits per heavy atom. The largest absolute Gasteiger partial charge is 0.378 e. The summed E-state index contributed by atoms with van der Waals surface area (Å²) in [5, 5.41) is 3.55. The number of aromatic nitrogens is 2. The highest BCUT2D eigenvalue weighted by Crippen LogP contribution is 2.20. The molecule has 1 aromatic heterocycles. The first kappa shape index (κ1) is 13.8. The normalized spacial score (nSPS) is 19.4. The maximum Gasteiger partial charge on any atom is 0.225 e. The van der Waals surface area contributed by atoms with E-state index in [1.807, 2.05) is 0 Å². The number of anilines is 1. The number of hydrogen-bond donors (Lipinski definition) is 1. The van der Waals surface area contributed by atoms with Crippen LogP contribution in [0, 0.1) is 13.8 Å². The summed E-state index contributed by atoms with van der Waals surface area (Å²) in [7, 11) is 0. The molecule has 110 valence electrons. The maximum absolute atomic E-state index is 5.38. The molecule has 3 rings (SSSR count). The summed E-state index contributed by atoms with van der Waals surface area (Å²) < 4.78 is 5.38. The molecule has 0 amide bonds. The van der Waals surface area contributed by atoms with E-state index in [-0.39, 0.29) is 0 Å². The fraction of sp³-hybridized carbons (Fsp3) is 0.733. The van der Waals surface area contributed by atoms with Crippen LogP contribution in [-0.2, 0) is 11.2 Å². The number of ether oxygens (including phenoxy) is 1. The molecule has 2 heterocycles. The van der Waals surface area contributed by atoms with Crippen molar-refractivity contribution in [3.8, 4) is 0 Å². The highest BCUT2D eigenvalue weighted by Gasteiger charge is 2.20. The van der Waals surface area contributed by atoms with Crippen LogP contribution in [0.15, 0.2) is 0 Å². The van der Waals surface area contributed by atoms with Gasteiger partial charge in [-0.1, -0.05) is 0 Å². The molecule has 5 nitrogen and oxygen atoms in total. The van der Waals surface area contributed by atoms with Crippen LogP contribution in [0.5, 0.6) is 0 Å². The minimum absolute atomic E-state index is 0.768. The fourth-order valence-electron chi connectivity index (χ4n) is 2.68. The Morgan fingerprint density at radius 3 is 2.40 bits per heavy atom. The van der Waals surface area contributed by atoms with E-state index in [0.717, 1.165) is 62.6 Å². The minimum Gasteiger partial charge on any atom is -0.378 e. The number of nitrogens with zero attached hydrogens (tertiary/aromatic N) is 3. The molecule has 20 heavy (non-hydrogen) atoms. The van der Waals surface area contributed by atoms with E-state index in [1.54, 1.807) is 0 Å². The summed E-state index contributed by atoms with van der Waals surface area (Å²) in [6, 6.07) is 0.768. The van der Waals surface area contributed by atoms with Crippen molar-refractivity contribution in [3.05, 3.63) is 17.0 Å². The summed E-state index contributed by atoms with van der Waals surface area (Å²) in [5.41, 5.74) is 3.54. The summed E-state index contributed by atoms with van der Waals surface area (Å²) in [5.74, 6) is 0.863. The first-order valence-corrected chi connectivity index (χ1v) is 7.64. The van der Waals surface area contributed by atoms with Crippen molar-refractivity contribution in [3.63, 3.8) is 0 Å². The van der Waals surface area contributed by atoms with Gasteiger partial charge in [-0.3, -0.25) is 0 Å². The van der Waals surface area contributed by atoms with Gasteiger partial charge < -0.3 is 15.0 Å². The van der Waals surface area contributed by atoms with Crippen LogP contribution in [0.1, 0.15) is 29.8 Å². The van der Waals surface area contributed by atoms with E-state index in [9.17, 15) is 0 Å². The molecule has 0 radical (unpaired) electrons. The van der Waals surface area contributed by atoms with Crippen molar-refractivity contribution in [2.45, 2.75) is 39.2 Å². The standard InChI is InChI=1S/C15H24N4O/c1-11-14(5-6-16-13-3-4-13)12(2)18-15(17-11)19-7-9-20-10-8-19/h13,16H,3-10H2,1-2H3. The maximum atomic E-state index is 5.38. The molecule has 0 aromatic carbocycles. The van der Waals surface area contributed by atoms with Crippen LogP contribution >= 0.6 is 0 Å². The topological polar surface area (TPSA) is 50.3 Å². The lowest BCUT2D eigenvalue weighted by atomic mass is 10.1. The van der Waals surface area contributed by atoms with E-state index in [2.05, 4.69) is 24.1 Å². The number of rotatable bonds is 5. The average Bonchev–Trinajstić information content (AvgIpc) is 3.27. The molecule has 2 fully saturated rings. The van der Waals surface area contributed by atoms with Gasteiger partial charge in [0.2, 0.25) is 5.95 Å². The molecule has 0 spiro atoms. The smallest absolute Gasteiger partial charge is 0.225 e. The van der Waals surface area contributed by atoms with E-state index in [1.165, 1.54) is 18.4 Å². The van der Waals surface area contributed by atoms with Crippen LogP contribution in [0.2, 0.25) is 0 Å². The van der Waals surface area contributed by atoms with Crippen molar-refractivity contribution in [1.82, 2.24) is 15.3 Å². The molecule has 1 aromatic rings. The number of hydrogen-bond acceptors (Lipinski definition) is 5. The molecule has 5 heteroatoms. The van der Waals surface area contributed by atoms with Crippen molar-refractivity contribution in [1.29, 1.82) is 0 Å². The fourth-order valence-corrected chi connectivity index (χ4v) is 2.68. The van der Waals surface area contributed by atoms with Gasteiger partial charge in [0.1, 0.15) is 0 Å². The Kier molecular flexibility index (Phi) is 4.17. The van der Waals surface area contributed by atoms with Crippen molar-refractivity contribution in [2.24, 2.45) is 0 Å². The molecule has 1 saturated carbocycles. The van der Waals surface area contributed by atoms with Gasteiger partial charge in [-0.15, -0.1) is 0 Å². The zero-order valence-electron chi connectivity index (χ0n) is 12.5. The monoisotopic (exact) mass is 276 g/mol. The third kappa shape index (κ3) is 3.27. The third-order valence-corrected chi connectivity index (χ3v) is 4.09. The molecule has 0 atom stereocenters. The zero-order valence-corrected chi connectivity index (χ0v) is 12.5. The molecule has 1 aliphatic carbocycles. The Labute approximate surface area is 120 Å². The highest BCUT2D eigenvalue weighted by atomic mass is 16.5. The Morgan fingerprint density at radius 2 is 1.80 bits per heavy atom. The van der Waals surface area contributed by atoms with Crippen LogP contribution < -0.4 is 10.2 Å². The summed E-state index contributed by atoms with van der Waals surface area (Å²) in [4.78, 5) is 11.6. The predicted octanol–water partition coefficient (Wildman–Crippen LogP) is 1.22. The highest BCUT2D eigenvalue weighted by molar-refractivity contribution is 5.37. The van der Waals surface area contributed by atoms with Gasteiger partial charge in [0.15, 0.2) is 0 Å². The Bertz CT molecular complexity index is 444. The van der Waals surface area contributed by atoms with Crippen molar-refractivity contribution < 1.29 is 4.74 Å². The third-order valence-electron chi connectivity index (χ3n) is 4.09. The van der Waals surface area contributed by atoms with E-state index in [4.69, 9.17) is 14.7 Å². The van der Waals surface area contributed by atoms with Gasteiger partial charge in [-0.05, 0) is 45.2 Å². The Balaban J connectivity index is 1.67. The van der Waals surface area contributed by atoms with E-state index < -0.39 is 0 Å². The second kappa shape index (κ2) is 6.06. The van der Waals surface area contributed by atoms with Crippen LogP contribution in [0.3, 0.4) is 0 Å². The lowest BCUT2D eigenvalue weighted by Gasteiger charge is -2.27. The second-order valence-corrected chi connectivity index (χ2v) is 5.75. The quantitative estimate of drug-likeness (QED) is 0.876. The predicted molar refractivity (Wildman–Crippen MR) is 79.3 cm³/mol. The number of morpholine rings is 1. The molecule has 1 saturated heterocycles. The lowest BCUT2D eigenvalue weighted by molar-refractivity contribution is 0.122. The molecular weight excluding hydrogens is 252 g/mol. The summed E-state index contributed by atoms with van der Waals surface area (Å²) in [6.07, 6.45) is 3.70. The number of aryl methyl sites for hydroxylation is 2. The first-order chi connectivity index (χ1) is 9.74. The molecule has 0 unspecified atom stereocenters. The van der Waals surface area contributed by atoms with Crippen LogP contribution in [0.4, 0.5) is 5.95 Å². The van der Waals surface area contributed by atoms with Crippen LogP contribution in [-0.4, -0.2) is 48.9 Å². The van der Waals surface area contributed by atoms with Crippen molar-refractivity contribution in [2.75, 3.05) is 37.7 Å². The van der Waals surface area contributed by atoms with Gasteiger partial charge in [-0.25, -0.2) is 9.97 Å². The molecular formula is C15H24N4O. The van der Waals surface area contributed by atoms with Gasteiger partial charge in [0.25, 0.3) is 0 Å². The van der Waals surface area contributed by atoms with Gasteiger partial charge in [0.05, 0.1) is 13.2 Å². The molecule has 2 aliphatic rings. The van der Waals surface area contributed by atoms with E-state index in [0.29, 0.717) is 0 Å². The molecule has 0 bridgehead atoms. The zero-order chi connectivity index (χ0) is 13.9. The SMILES string of the molecule is Cc1nc(N2CCOCC2)nc(C)c1CCNC1CC1. The van der Waals surface area contributed by atoms with E-state index >= 15 is 0 Å². The van der Waals surface area contributed by atoms with Crippen LogP contribution in [0.25, 0.3) is 0 Å². The van der Waals surface area contributed by atoms with Gasteiger partial charge >= 0.3 is 0 Å². The Hall–Kier alpha value is -1.20. The first-order valence-electron chi connectivity index (χ1n) is 7.64. The molecule has 1 aliphatic heterocycles. The summed E-state index contributed by atoms with van der Waals surface area (Å²) >= 11 is 0. The molecule has 1 N–H and O–H groups in total. The summed E-state index contributed by atoms with van der Waals surface area (Å²) in [6.45, 7) is 8.56. The van der Waals surface area contributed by atoms with Crippen molar-refractivity contribution >= 4 is 5.95 Å². The lowest BCUT2D eigenvalue weighted by Crippen LogP contribution is -2.37. The van der Waals surface area contributed by atoms with Gasteiger partial charge in [-0.2, -0.15) is 0 Å². The number of nitrogens with one attached hydrogen (secondary N) is 1. The van der Waals surface area contributed by atoms with Gasteiger partial charge in [0, 0.05) is 30.5 Å². The minimum atomic E-state index is 0.768. The second-order valence-electron chi connectivity index (χ2n) is 5.75.